The number of amides is 1. The van der Waals surface area contributed by atoms with Gasteiger partial charge in [-0.15, -0.1) is 24.2 Å². The summed E-state index contributed by atoms with van der Waals surface area (Å²) in [7, 11) is 3.85. The van der Waals surface area contributed by atoms with Gasteiger partial charge in [-0.25, -0.2) is 13.8 Å². The Balaban J connectivity index is 0.00000320. The largest absolute Gasteiger partial charge is 0.308 e. The zero-order chi connectivity index (χ0) is 20.8. The molecular weight excluding hydrogens is 448 g/mol. The predicted octanol–water partition coefficient (Wildman–Crippen LogP) is 5.46. The number of hydrogen-bond donors (Lipinski definition) is 0. The quantitative estimate of drug-likeness (QED) is 0.306. The summed E-state index contributed by atoms with van der Waals surface area (Å²) in [4.78, 5) is 21.9. The lowest BCUT2D eigenvalue weighted by molar-refractivity contribution is -0.118. The van der Waals surface area contributed by atoms with E-state index in [1.54, 1.807) is 16.7 Å². The van der Waals surface area contributed by atoms with Gasteiger partial charge in [0.25, 0.3) is 0 Å². The van der Waals surface area contributed by atoms with Crippen LogP contribution in [-0.4, -0.2) is 48.7 Å². The number of thioether (sulfide) groups is 1. The zero-order valence-corrected chi connectivity index (χ0v) is 19.3. The van der Waals surface area contributed by atoms with E-state index in [2.05, 4.69) is 4.98 Å². The van der Waals surface area contributed by atoms with E-state index >= 15 is 0 Å². The third kappa shape index (κ3) is 6.63. The molecule has 9 heteroatoms. The van der Waals surface area contributed by atoms with E-state index in [0.717, 1.165) is 29.6 Å². The maximum Gasteiger partial charge on any atom is 0.228 e. The summed E-state index contributed by atoms with van der Waals surface area (Å²) in [5.74, 6) is -0.576. The summed E-state index contributed by atoms with van der Waals surface area (Å²) < 4.78 is 28.0. The Kier molecular flexibility index (Phi) is 9.48. The normalized spacial score (nSPS) is 11.0. The number of carbonyl (C=O) groups is 1. The van der Waals surface area contributed by atoms with Gasteiger partial charge in [0.2, 0.25) is 5.91 Å². The molecule has 30 heavy (non-hydrogen) atoms. The van der Waals surface area contributed by atoms with Gasteiger partial charge in [-0.05, 0) is 44.5 Å². The van der Waals surface area contributed by atoms with Crippen molar-refractivity contribution in [2.75, 3.05) is 37.8 Å². The summed E-state index contributed by atoms with van der Waals surface area (Å²) in [6, 6.07) is 12.1. The standard InChI is InChI=1S/C21H23F2N3OS2.ClH/c1-25(2)10-11-26(19(27)9-6-12-28-16-7-4-3-5-8-16)21-24-20-17(23)13-15(22)14-18(20)29-21;/h3-5,7-8,13-14H,6,9-12H2,1-2H3;1H. The molecule has 0 aliphatic heterocycles. The molecular formula is C21H24ClF2N3OS2. The maximum atomic E-state index is 14.0. The number of rotatable bonds is 9. The Bertz CT molecular complexity index is 970. The summed E-state index contributed by atoms with van der Waals surface area (Å²) >= 11 is 2.85. The van der Waals surface area contributed by atoms with E-state index < -0.39 is 11.6 Å². The average Bonchev–Trinajstić information content (AvgIpc) is 3.10. The highest BCUT2D eigenvalue weighted by atomic mass is 35.5. The minimum absolute atomic E-state index is 0. The third-order valence-electron chi connectivity index (χ3n) is 4.25. The number of thiazole rings is 1. The molecule has 0 unspecified atom stereocenters. The van der Waals surface area contributed by atoms with Crippen LogP contribution >= 0.6 is 35.5 Å². The minimum Gasteiger partial charge on any atom is -0.308 e. The second kappa shape index (κ2) is 11.6. The SMILES string of the molecule is CN(C)CCN(C(=O)CCCSc1ccccc1)c1nc2c(F)cc(F)cc2s1.Cl. The number of hydrogen-bond acceptors (Lipinski definition) is 5. The highest BCUT2D eigenvalue weighted by Crippen LogP contribution is 2.31. The van der Waals surface area contributed by atoms with Gasteiger partial charge < -0.3 is 4.90 Å². The molecule has 1 heterocycles. The van der Waals surface area contributed by atoms with Crippen LogP contribution in [0.3, 0.4) is 0 Å². The van der Waals surface area contributed by atoms with Crippen LogP contribution in [0.25, 0.3) is 10.2 Å². The van der Waals surface area contributed by atoms with Crippen molar-refractivity contribution >= 4 is 56.8 Å². The smallest absolute Gasteiger partial charge is 0.228 e. The van der Waals surface area contributed by atoms with Gasteiger partial charge in [-0.3, -0.25) is 9.69 Å². The van der Waals surface area contributed by atoms with Crippen LogP contribution in [0, 0.1) is 11.6 Å². The van der Waals surface area contributed by atoms with Crippen LogP contribution in [0.5, 0.6) is 0 Å². The van der Waals surface area contributed by atoms with E-state index in [4.69, 9.17) is 0 Å². The predicted molar refractivity (Wildman–Crippen MR) is 124 cm³/mol. The van der Waals surface area contributed by atoms with Gasteiger partial charge in [0, 0.05) is 30.5 Å². The fourth-order valence-electron chi connectivity index (χ4n) is 2.75. The number of benzene rings is 2. The van der Waals surface area contributed by atoms with Crippen molar-refractivity contribution in [3.05, 3.63) is 54.1 Å². The lowest BCUT2D eigenvalue weighted by Gasteiger charge is -2.22. The first-order valence-electron chi connectivity index (χ1n) is 9.32. The van der Waals surface area contributed by atoms with Crippen LogP contribution in [0.1, 0.15) is 12.8 Å². The van der Waals surface area contributed by atoms with E-state index in [-0.39, 0.29) is 23.8 Å². The number of carbonyl (C=O) groups excluding carboxylic acids is 1. The van der Waals surface area contributed by atoms with E-state index in [0.29, 0.717) is 29.3 Å². The third-order valence-corrected chi connectivity index (χ3v) is 6.38. The summed E-state index contributed by atoms with van der Waals surface area (Å²) in [6.07, 6.45) is 1.10. The van der Waals surface area contributed by atoms with Crippen LogP contribution < -0.4 is 4.90 Å². The van der Waals surface area contributed by atoms with Gasteiger partial charge in [-0.1, -0.05) is 29.5 Å². The lowest BCUT2D eigenvalue weighted by atomic mass is 10.3. The molecule has 0 aliphatic rings. The van der Waals surface area contributed by atoms with Crippen molar-refractivity contribution in [3.8, 4) is 0 Å². The van der Waals surface area contributed by atoms with Gasteiger partial charge in [0.1, 0.15) is 11.3 Å². The van der Waals surface area contributed by atoms with Crippen LogP contribution in [-0.2, 0) is 4.79 Å². The first-order valence-corrected chi connectivity index (χ1v) is 11.1. The number of aromatic nitrogens is 1. The molecule has 2 aromatic carbocycles. The van der Waals surface area contributed by atoms with E-state index in [1.807, 2.05) is 49.3 Å². The topological polar surface area (TPSA) is 36.4 Å². The molecule has 0 bridgehead atoms. The Morgan fingerprint density at radius 3 is 2.57 bits per heavy atom. The highest BCUT2D eigenvalue weighted by Gasteiger charge is 2.21. The number of halogens is 3. The minimum atomic E-state index is -0.707. The highest BCUT2D eigenvalue weighted by molar-refractivity contribution is 7.99. The van der Waals surface area contributed by atoms with Gasteiger partial charge >= 0.3 is 0 Å². The molecule has 3 rings (SSSR count). The molecule has 0 saturated carbocycles. The van der Waals surface area contributed by atoms with Gasteiger partial charge in [0.05, 0.1) is 4.70 Å². The van der Waals surface area contributed by atoms with Crippen molar-refractivity contribution in [2.24, 2.45) is 0 Å². The van der Waals surface area contributed by atoms with Crippen molar-refractivity contribution in [3.63, 3.8) is 0 Å². The first-order chi connectivity index (χ1) is 13.9. The lowest BCUT2D eigenvalue weighted by Crippen LogP contribution is -2.36. The number of likely N-dealkylation sites (N-methyl/N-ethyl adjacent to an activating group) is 1. The van der Waals surface area contributed by atoms with Crippen molar-refractivity contribution in [2.45, 2.75) is 17.7 Å². The summed E-state index contributed by atoms with van der Waals surface area (Å²) in [6.45, 7) is 1.10. The molecule has 3 aromatic rings. The molecule has 0 saturated heterocycles. The number of fused-ring (bicyclic) bond motifs is 1. The monoisotopic (exact) mass is 471 g/mol. The van der Waals surface area contributed by atoms with Crippen LogP contribution in [0.2, 0.25) is 0 Å². The molecule has 1 amide bonds. The fourth-order valence-corrected chi connectivity index (χ4v) is 4.68. The molecule has 0 aliphatic carbocycles. The molecule has 0 radical (unpaired) electrons. The number of anilines is 1. The second-order valence-electron chi connectivity index (χ2n) is 6.84. The van der Waals surface area contributed by atoms with E-state index in [9.17, 15) is 13.6 Å². The van der Waals surface area contributed by atoms with Crippen LogP contribution in [0.15, 0.2) is 47.4 Å². The Hall–Kier alpha value is -1.74. The molecule has 0 fully saturated rings. The Labute approximate surface area is 189 Å². The molecule has 0 spiro atoms. The molecule has 162 valence electrons. The molecule has 4 nitrogen and oxygen atoms in total. The fraction of sp³-hybridized carbons (Fsp3) is 0.333. The van der Waals surface area contributed by atoms with Crippen LogP contribution in [0.4, 0.5) is 13.9 Å². The average molecular weight is 472 g/mol. The first kappa shape index (κ1) is 24.5. The van der Waals surface area contributed by atoms with Crippen molar-refractivity contribution < 1.29 is 13.6 Å². The summed E-state index contributed by atoms with van der Waals surface area (Å²) in [5.41, 5.74) is 0.105. The molecule has 0 N–H and O–H groups in total. The Morgan fingerprint density at radius 2 is 1.87 bits per heavy atom. The van der Waals surface area contributed by atoms with Crippen molar-refractivity contribution in [1.29, 1.82) is 0 Å². The molecule has 1 aromatic heterocycles. The second-order valence-corrected chi connectivity index (χ2v) is 9.02. The zero-order valence-electron chi connectivity index (χ0n) is 16.8. The number of nitrogens with zero attached hydrogens (tertiary/aromatic N) is 3. The molecule has 0 atom stereocenters. The van der Waals surface area contributed by atoms with Gasteiger partial charge in [0.15, 0.2) is 10.9 Å². The van der Waals surface area contributed by atoms with E-state index in [1.165, 1.54) is 11.0 Å². The van der Waals surface area contributed by atoms with Crippen molar-refractivity contribution in [1.82, 2.24) is 9.88 Å². The Morgan fingerprint density at radius 1 is 1.13 bits per heavy atom. The van der Waals surface area contributed by atoms with Gasteiger partial charge in [-0.2, -0.15) is 0 Å². The summed E-state index contributed by atoms with van der Waals surface area (Å²) in [5, 5.41) is 0.409. The maximum absolute atomic E-state index is 14.0.